The highest BCUT2D eigenvalue weighted by molar-refractivity contribution is 7.91. The summed E-state index contributed by atoms with van der Waals surface area (Å²) in [6.07, 6.45) is 4.00. The largest absolute Gasteiger partial charge is 0.303 e. The molecule has 2 heterocycles. The van der Waals surface area contributed by atoms with Crippen LogP contribution in [0.3, 0.4) is 0 Å². The van der Waals surface area contributed by atoms with Crippen molar-refractivity contribution in [2.75, 3.05) is 31.6 Å². The van der Waals surface area contributed by atoms with E-state index in [0.29, 0.717) is 36.3 Å². The Morgan fingerprint density at radius 1 is 0.864 bits per heavy atom. The van der Waals surface area contributed by atoms with Gasteiger partial charge in [0.1, 0.15) is 11.6 Å². The summed E-state index contributed by atoms with van der Waals surface area (Å²) in [6, 6.07) is 16.5. The third kappa shape index (κ3) is 7.93. The van der Waals surface area contributed by atoms with Crippen LogP contribution >= 0.6 is 0 Å². The number of hydrogen-bond acceptors (Lipinski definition) is 8. The van der Waals surface area contributed by atoms with Gasteiger partial charge < -0.3 is 4.90 Å². The van der Waals surface area contributed by atoms with E-state index in [1.54, 1.807) is 43.4 Å². The van der Waals surface area contributed by atoms with Gasteiger partial charge in [-0.2, -0.15) is 4.80 Å². The summed E-state index contributed by atoms with van der Waals surface area (Å²) in [5.41, 5.74) is 1.97. The van der Waals surface area contributed by atoms with Crippen LogP contribution in [0.25, 0.3) is 11.4 Å². The normalized spacial score (nSPS) is 15.8. The minimum absolute atomic E-state index is 0.0666. The lowest BCUT2D eigenvalue weighted by Gasteiger charge is -2.33. The number of piperidine rings is 1. The molecular formula is C31H35F2N5O4S2. The summed E-state index contributed by atoms with van der Waals surface area (Å²) in [5, 5.41) is 11.9. The van der Waals surface area contributed by atoms with Crippen molar-refractivity contribution in [2.45, 2.75) is 41.4 Å². The van der Waals surface area contributed by atoms with E-state index in [2.05, 4.69) is 20.3 Å². The zero-order chi connectivity index (χ0) is 31.5. The Bertz CT molecular complexity index is 1780. The predicted molar refractivity (Wildman–Crippen MR) is 162 cm³/mol. The van der Waals surface area contributed by atoms with Crippen LogP contribution in [0.1, 0.15) is 42.7 Å². The Morgan fingerprint density at radius 3 is 2.05 bits per heavy atom. The summed E-state index contributed by atoms with van der Waals surface area (Å²) in [4.78, 5) is 4.09. The molecule has 0 bridgehead atoms. The Kier molecular flexibility index (Phi) is 9.56. The maximum Gasteiger partial charge on any atom is 0.204 e. The average Bonchev–Trinajstić information content (AvgIpc) is 3.42. The van der Waals surface area contributed by atoms with Crippen LogP contribution in [0.2, 0.25) is 0 Å². The summed E-state index contributed by atoms with van der Waals surface area (Å²) in [7, 11) is -5.15. The molecule has 3 aromatic carbocycles. The zero-order valence-electron chi connectivity index (χ0n) is 24.6. The number of nitrogens with zero attached hydrogens (tertiary/aromatic N) is 5. The van der Waals surface area contributed by atoms with E-state index in [9.17, 15) is 25.6 Å². The molecular weight excluding hydrogens is 609 g/mol. The molecule has 0 N–H and O–H groups in total. The number of aromatic nitrogens is 4. The van der Waals surface area contributed by atoms with Gasteiger partial charge in [0.05, 0.1) is 22.6 Å². The van der Waals surface area contributed by atoms with Crippen LogP contribution < -0.4 is 0 Å². The number of tetrazole rings is 1. The number of sulfone groups is 2. The highest BCUT2D eigenvalue weighted by Gasteiger charge is 2.24. The van der Waals surface area contributed by atoms with Gasteiger partial charge in [0.25, 0.3) is 0 Å². The van der Waals surface area contributed by atoms with Crippen molar-refractivity contribution in [1.29, 1.82) is 0 Å². The third-order valence-corrected chi connectivity index (χ3v) is 11.1. The number of likely N-dealkylation sites (tertiary alicyclic amines) is 1. The van der Waals surface area contributed by atoms with Gasteiger partial charge >= 0.3 is 0 Å². The molecule has 13 heteroatoms. The van der Waals surface area contributed by atoms with E-state index in [0.717, 1.165) is 43.8 Å². The number of rotatable bonds is 11. The van der Waals surface area contributed by atoms with E-state index in [-0.39, 0.29) is 27.4 Å². The first kappa shape index (κ1) is 31.9. The van der Waals surface area contributed by atoms with Gasteiger partial charge in [0.2, 0.25) is 5.82 Å². The van der Waals surface area contributed by atoms with Crippen LogP contribution in [0.15, 0.2) is 76.5 Å². The molecule has 234 valence electrons. The van der Waals surface area contributed by atoms with Gasteiger partial charge in [-0.25, -0.2) is 25.6 Å². The summed E-state index contributed by atoms with van der Waals surface area (Å²) < 4.78 is 78.1. The van der Waals surface area contributed by atoms with Crippen molar-refractivity contribution in [3.8, 4) is 11.4 Å². The molecule has 0 spiro atoms. The lowest BCUT2D eigenvalue weighted by Crippen LogP contribution is -2.35. The topological polar surface area (TPSA) is 115 Å². The molecule has 44 heavy (non-hydrogen) atoms. The molecule has 1 aliphatic rings. The van der Waals surface area contributed by atoms with Gasteiger partial charge in [-0.3, -0.25) is 0 Å². The predicted octanol–water partition coefficient (Wildman–Crippen LogP) is 4.66. The second kappa shape index (κ2) is 13.2. The fourth-order valence-electron chi connectivity index (χ4n) is 5.71. The first-order chi connectivity index (χ1) is 20.9. The first-order valence-corrected chi connectivity index (χ1v) is 18.0. The van der Waals surface area contributed by atoms with Gasteiger partial charge in [-0.05, 0) is 116 Å². The second-order valence-corrected chi connectivity index (χ2v) is 15.5. The van der Waals surface area contributed by atoms with Crippen LogP contribution in [-0.4, -0.2) is 73.6 Å². The Morgan fingerprint density at radius 2 is 1.48 bits per heavy atom. The third-order valence-electron chi connectivity index (χ3n) is 8.21. The Hall–Kier alpha value is -3.55. The van der Waals surface area contributed by atoms with E-state index in [1.807, 2.05) is 0 Å². The van der Waals surface area contributed by atoms with Crippen molar-refractivity contribution in [2.24, 2.45) is 13.0 Å². The van der Waals surface area contributed by atoms with Gasteiger partial charge in [0.15, 0.2) is 19.7 Å². The summed E-state index contributed by atoms with van der Waals surface area (Å²) in [6.45, 7) is 2.26. The van der Waals surface area contributed by atoms with Crippen molar-refractivity contribution in [3.63, 3.8) is 0 Å². The van der Waals surface area contributed by atoms with Crippen molar-refractivity contribution < 1.29 is 25.6 Å². The fourth-order valence-corrected chi connectivity index (χ4v) is 7.77. The SMILES string of the molecule is Cn1nnc(-c2ccc(S(=O)(=O)CCC3CCN(CCC(c4ccc(S(C)(=O)=O)cc4)c4cc(F)cc(F)c4)CC3)cc2)n1. The summed E-state index contributed by atoms with van der Waals surface area (Å²) >= 11 is 0. The molecule has 1 aliphatic heterocycles. The summed E-state index contributed by atoms with van der Waals surface area (Å²) in [5.74, 6) is -0.869. The van der Waals surface area contributed by atoms with E-state index >= 15 is 0 Å². The number of hydrogen-bond donors (Lipinski definition) is 0. The molecule has 0 amide bonds. The number of benzene rings is 3. The molecule has 0 saturated carbocycles. The van der Waals surface area contributed by atoms with Gasteiger partial charge in [0, 0.05) is 23.8 Å². The zero-order valence-corrected chi connectivity index (χ0v) is 26.2. The molecule has 4 aromatic rings. The number of halogens is 2. The number of aryl methyl sites for hydroxylation is 1. The Labute approximate surface area is 256 Å². The fraction of sp³-hybridized carbons (Fsp3) is 0.387. The smallest absolute Gasteiger partial charge is 0.204 e. The van der Waals surface area contributed by atoms with Crippen LogP contribution in [-0.2, 0) is 26.7 Å². The molecule has 9 nitrogen and oxygen atoms in total. The quantitative estimate of drug-likeness (QED) is 0.232. The molecule has 1 unspecified atom stereocenters. The lowest BCUT2D eigenvalue weighted by molar-refractivity contribution is 0.178. The maximum atomic E-state index is 14.1. The molecule has 1 atom stereocenters. The molecule has 0 radical (unpaired) electrons. The van der Waals surface area contributed by atoms with Gasteiger partial charge in [-0.15, -0.1) is 10.2 Å². The van der Waals surface area contributed by atoms with Crippen LogP contribution in [0.4, 0.5) is 8.78 Å². The minimum Gasteiger partial charge on any atom is -0.303 e. The van der Waals surface area contributed by atoms with E-state index in [1.165, 1.54) is 29.1 Å². The molecule has 1 saturated heterocycles. The van der Waals surface area contributed by atoms with E-state index in [4.69, 9.17) is 0 Å². The lowest BCUT2D eigenvalue weighted by atomic mass is 9.87. The molecule has 5 rings (SSSR count). The maximum absolute atomic E-state index is 14.1. The average molecular weight is 644 g/mol. The molecule has 1 aromatic heterocycles. The van der Waals surface area contributed by atoms with Crippen LogP contribution in [0, 0.1) is 17.6 Å². The van der Waals surface area contributed by atoms with E-state index < -0.39 is 31.3 Å². The monoisotopic (exact) mass is 643 g/mol. The molecule has 1 fully saturated rings. The minimum atomic E-state index is -3.44. The van der Waals surface area contributed by atoms with Crippen molar-refractivity contribution in [1.82, 2.24) is 25.1 Å². The van der Waals surface area contributed by atoms with Crippen molar-refractivity contribution >= 4 is 19.7 Å². The second-order valence-electron chi connectivity index (χ2n) is 11.4. The van der Waals surface area contributed by atoms with Gasteiger partial charge in [-0.1, -0.05) is 12.1 Å². The first-order valence-electron chi connectivity index (χ1n) is 14.4. The Balaban J connectivity index is 1.16. The standard InChI is InChI=1S/C31H35F2N5O4S2/c1-37-35-31(34-36-37)24-5-9-29(10-6-24)44(41,42)18-14-22-11-15-38(16-12-22)17-13-30(25-19-26(32)21-27(33)20-25)23-3-7-28(8-4-23)43(2,39)40/h3-10,19-22,30H,11-18H2,1-2H3. The highest BCUT2D eigenvalue weighted by Crippen LogP contribution is 2.32. The van der Waals surface area contributed by atoms with Crippen LogP contribution in [0.5, 0.6) is 0 Å². The molecule has 0 aliphatic carbocycles. The highest BCUT2D eigenvalue weighted by atomic mass is 32.2. The van der Waals surface area contributed by atoms with Crippen molar-refractivity contribution in [3.05, 3.63) is 89.5 Å².